The number of aromatic nitrogens is 2. The van der Waals surface area contributed by atoms with Gasteiger partial charge in [-0.1, -0.05) is 97.1 Å². The van der Waals surface area contributed by atoms with Crippen LogP contribution < -0.4 is 0 Å². The minimum atomic E-state index is -1.53. The number of carbonyl (C=O) groups is 2. The lowest BCUT2D eigenvalue weighted by atomic mass is 9.77. The lowest BCUT2D eigenvalue weighted by Crippen LogP contribution is -2.36. The van der Waals surface area contributed by atoms with Gasteiger partial charge in [0.15, 0.2) is 0 Å². The van der Waals surface area contributed by atoms with Crippen LogP contribution >= 0.6 is 0 Å². The van der Waals surface area contributed by atoms with E-state index in [1.54, 1.807) is 12.4 Å². The Bertz CT molecular complexity index is 1350. The third kappa shape index (κ3) is 5.18. The number of amides is 2. The van der Waals surface area contributed by atoms with Crippen LogP contribution in [-0.4, -0.2) is 43.4 Å². The Balaban J connectivity index is 1.76. The summed E-state index contributed by atoms with van der Waals surface area (Å²) in [6.07, 6.45) is 2.71. The second-order valence-electron chi connectivity index (χ2n) is 8.56. The van der Waals surface area contributed by atoms with Crippen LogP contribution in [0.5, 0.6) is 0 Å². The minimum Gasteiger partial charge on any atom is -0.465 e. The molecule has 0 bridgehead atoms. The van der Waals surface area contributed by atoms with Crippen LogP contribution in [0.4, 0.5) is 9.59 Å². The lowest BCUT2D eigenvalue weighted by molar-refractivity contribution is 0.122. The van der Waals surface area contributed by atoms with Crippen LogP contribution in [-0.2, 0) is 5.54 Å². The first kappa shape index (κ1) is 25.9. The highest BCUT2D eigenvalue weighted by Crippen LogP contribution is 2.41. The van der Waals surface area contributed by atoms with Crippen molar-refractivity contribution in [3.8, 4) is 6.07 Å². The number of allylic oxidation sites excluding steroid dienone is 2. The fourth-order valence-corrected chi connectivity index (χ4v) is 4.61. The number of nitriles is 1. The van der Waals surface area contributed by atoms with Gasteiger partial charge >= 0.3 is 12.2 Å². The normalized spacial score (nSPS) is 11.5. The predicted octanol–water partition coefficient (Wildman–Crippen LogP) is 6.07. The standard InChI is InChI=1S/C30H26N4O4/c31-20-23(12-10-11-19-34(28(35)36)29(37)38)27-21-33(22-32-27)30(24-13-4-1-5-14-24,25-15-6-2-7-16-25)26-17-8-3-9-18-26/h1-9,12-18,21-22H,10-11,19H2,(H,35,36)(H,37,38). The van der Waals surface area contributed by atoms with Crippen molar-refractivity contribution in [2.24, 2.45) is 0 Å². The largest absolute Gasteiger partial charge is 0.465 e. The number of nitrogens with zero attached hydrogens (tertiary/aromatic N) is 4. The third-order valence-electron chi connectivity index (χ3n) is 6.34. The summed E-state index contributed by atoms with van der Waals surface area (Å²) in [5.41, 5.74) is 3.08. The van der Waals surface area contributed by atoms with Gasteiger partial charge < -0.3 is 14.8 Å². The number of imide groups is 1. The van der Waals surface area contributed by atoms with Crippen molar-refractivity contribution < 1.29 is 19.8 Å². The molecule has 0 spiro atoms. The van der Waals surface area contributed by atoms with Gasteiger partial charge in [0.25, 0.3) is 0 Å². The highest BCUT2D eigenvalue weighted by molar-refractivity contribution is 5.85. The van der Waals surface area contributed by atoms with Crippen molar-refractivity contribution in [3.63, 3.8) is 0 Å². The second kappa shape index (κ2) is 11.7. The maximum Gasteiger partial charge on any atom is 0.416 e. The van der Waals surface area contributed by atoms with Gasteiger partial charge in [0.05, 0.1) is 17.6 Å². The second-order valence-corrected chi connectivity index (χ2v) is 8.56. The molecular formula is C30H26N4O4. The summed E-state index contributed by atoms with van der Waals surface area (Å²) in [7, 11) is 0. The molecule has 3 aromatic carbocycles. The average Bonchev–Trinajstić information content (AvgIpc) is 3.43. The van der Waals surface area contributed by atoms with E-state index in [0.29, 0.717) is 22.6 Å². The van der Waals surface area contributed by atoms with Gasteiger partial charge in [-0.05, 0) is 29.5 Å². The summed E-state index contributed by atoms with van der Waals surface area (Å²) >= 11 is 0. The molecule has 0 unspecified atom stereocenters. The monoisotopic (exact) mass is 506 g/mol. The zero-order chi connectivity index (χ0) is 27.0. The molecule has 38 heavy (non-hydrogen) atoms. The number of hydrogen-bond donors (Lipinski definition) is 2. The van der Waals surface area contributed by atoms with Crippen molar-refractivity contribution in [1.29, 1.82) is 5.26 Å². The molecule has 0 aliphatic rings. The first-order chi connectivity index (χ1) is 18.5. The number of carboxylic acid groups (broad SMARTS) is 2. The zero-order valence-corrected chi connectivity index (χ0v) is 20.5. The number of hydrogen-bond acceptors (Lipinski definition) is 4. The van der Waals surface area contributed by atoms with Crippen LogP contribution in [0.1, 0.15) is 35.2 Å². The lowest BCUT2D eigenvalue weighted by Gasteiger charge is -2.37. The van der Waals surface area contributed by atoms with Crippen LogP contribution in [0.2, 0.25) is 0 Å². The molecule has 0 atom stereocenters. The smallest absolute Gasteiger partial charge is 0.416 e. The average molecular weight is 507 g/mol. The van der Waals surface area contributed by atoms with E-state index in [4.69, 9.17) is 10.2 Å². The molecule has 4 aromatic rings. The van der Waals surface area contributed by atoms with Gasteiger partial charge in [-0.3, -0.25) is 0 Å². The Hall–Kier alpha value is -5.16. The van der Waals surface area contributed by atoms with Crippen molar-refractivity contribution in [2.45, 2.75) is 18.4 Å². The van der Waals surface area contributed by atoms with E-state index in [-0.39, 0.29) is 13.0 Å². The van der Waals surface area contributed by atoms with E-state index in [9.17, 15) is 14.9 Å². The van der Waals surface area contributed by atoms with Crippen molar-refractivity contribution in [2.75, 3.05) is 6.54 Å². The molecule has 1 aromatic heterocycles. The Morgan fingerprint density at radius 1 is 0.868 bits per heavy atom. The molecule has 8 nitrogen and oxygen atoms in total. The molecular weight excluding hydrogens is 480 g/mol. The first-order valence-corrected chi connectivity index (χ1v) is 12.0. The van der Waals surface area contributed by atoms with E-state index in [1.165, 1.54) is 0 Å². The Kier molecular flexibility index (Phi) is 7.99. The number of unbranched alkanes of at least 4 members (excludes halogenated alkanes) is 1. The summed E-state index contributed by atoms with van der Waals surface area (Å²) in [6.45, 7) is -0.187. The highest BCUT2D eigenvalue weighted by Gasteiger charge is 2.38. The fraction of sp³-hybridized carbons (Fsp3) is 0.133. The number of benzene rings is 3. The van der Waals surface area contributed by atoms with Gasteiger partial charge in [0, 0.05) is 12.7 Å². The van der Waals surface area contributed by atoms with Gasteiger partial charge in [-0.25, -0.2) is 19.5 Å². The molecule has 0 saturated carbocycles. The molecule has 0 aliphatic carbocycles. The van der Waals surface area contributed by atoms with E-state index >= 15 is 0 Å². The maximum atomic E-state index is 11.1. The van der Waals surface area contributed by atoms with Gasteiger partial charge in [0.1, 0.15) is 11.6 Å². The zero-order valence-electron chi connectivity index (χ0n) is 20.5. The van der Waals surface area contributed by atoms with E-state index in [0.717, 1.165) is 16.7 Å². The Morgan fingerprint density at radius 2 is 1.34 bits per heavy atom. The van der Waals surface area contributed by atoms with Gasteiger partial charge in [-0.15, -0.1) is 0 Å². The highest BCUT2D eigenvalue weighted by atomic mass is 16.4. The number of rotatable bonds is 9. The van der Waals surface area contributed by atoms with E-state index < -0.39 is 17.7 Å². The summed E-state index contributed by atoms with van der Waals surface area (Å²) in [5, 5.41) is 27.9. The molecule has 0 radical (unpaired) electrons. The molecule has 2 N–H and O–H groups in total. The van der Waals surface area contributed by atoms with Gasteiger partial charge in [0.2, 0.25) is 0 Å². The molecule has 8 heteroatoms. The summed E-state index contributed by atoms with van der Waals surface area (Å²) in [5.74, 6) is 0. The molecule has 0 aliphatic heterocycles. The summed E-state index contributed by atoms with van der Waals surface area (Å²) in [6, 6.07) is 32.4. The van der Waals surface area contributed by atoms with E-state index in [2.05, 4.69) is 47.5 Å². The Labute approximate surface area is 220 Å². The van der Waals surface area contributed by atoms with Crippen LogP contribution in [0, 0.1) is 11.3 Å². The third-order valence-corrected chi connectivity index (χ3v) is 6.34. The van der Waals surface area contributed by atoms with Gasteiger partial charge in [-0.2, -0.15) is 5.26 Å². The SMILES string of the molecule is N#CC(=CCCCN(C(=O)O)C(=O)O)c1cn(C(c2ccccc2)(c2ccccc2)c2ccccc2)cn1. The summed E-state index contributed by atoms with van der Waals surface area (Å²) < 4.78 is 2.00. The maximum absolute atomic E-state index is 11.1. The first-order valence-electron chi connectivity index (χ1n) is 12.0. The molecule has 2 amide bonds. The molecule has 190 valence electrons. The summed E-state index contributed by atoms with van der Waals surface area (Å²) in [4.78, 5) is 27.0. The van der Waals surface area contributed by atoms with Crippen molar-refractivity contribution >= 4 is 17.8 Å². The topological polar surface area (TPSA) is 119 Å². The Morgan fingerprint density at radius 3 is 1.76 bits per heavy atom. The minimum absolute atomic E-state index is 0.187. The quantitative estimate of drug-likeness (QED) is 0.162. The predicted molar refractivity (Wildman–Crippen MR) is 142 cm³/mol. The van der Waals surface area contributed by atoms with Crippen molar-refractivity contribution in [1.82, 2.24) is 14.5 Å². The fourth-order valence-electron chi connectivity index (χ4n) is 4.61. The van der Waals surface area contributed by atoms with Crippen LogP contribution in [0.15, 0.2) is 110 Å². The van der Waals surface area contributed by atoms with Crippen LogP contribution in [0.3, 0.4) is 0 Å². The molecule has 0 saturated heterocycles. The number of imidazole rings is 1. The molecule has 1 heterocycles. The van der Waals surface area contributed by atoms with E-state index in [1.807, 2.05) is 65.4 Å². The molecule has 4 rings (SSSR count). The van der Waals surface area contributed by atoms with Crippen LogP contribution in [0.25, 0.3) is 5.57 Å². The van der Waals surface area contributed by atoms with Crippen molar-refractivity contribution in [3.05, 3.63) is 132 Å². The molecule has 0 fully saturated rings.